The lowest BCUT2D eigenvalue weighted by molar-refractivity contribution is 1.78. The van der Waals surface area contributed by atoms with Crippen LogP contribution in [-0.2, 0) is 0 Å². The molecule has 0 aliphatic carbocycles. The van der Waals surface area contributed by atoms with Gasteiger partial charge in [0.2, 0.25) is 0 Å². The predicted octanol–water partition coefficient (Wildman–Crippen LogP) is 2.29. The average molecular weight is 172 g/mol. The Morgan fingerprint density at radius 2 is 1.58 bits per heavy atom. The second-order valence-electron chi connectivity index (χ2n) is 2.68. The quantitative estimate of drug-likeness (QED) is 0.535. The summed E-state index contributed by atoms with van der Waals surface area (Å²) in [7, 11) is 5.77. The summed E-state index contributed by atoms with van der Waals surface area (Å²) in [6.07, 6.45) is 0. The van der Waals surface area contributed by atoms with Crippen LogP contribution < -0.4 is 5.46 Å². The van der Waals surface area contributed by atoms with Crippen LogP contribution in [0.5, 0.6) is 0 Å². The standard InChI is InChI=1S/C10H6BCl/c11-9-5-1-4-8-7(9)3-2-6-10(8)12/h1-6H. The molecule has 0 aromatic heterocycles. The van der Waals surface area contributed by atoms with Crippen molar-refractivity contribution in [2.45, 2.75) is 0 Å². The van der Waals surface area contributed by atoms with Gasteiger partial charge in [-0.3, -0.25) is 0 Å². The van der Waals surface area contributed by atoms with Gasteiger partial charge in [-0.05, 0) is 16.8 Å². The van der Waals surface area contributed by atoms with Gasteiger partial charge >= 0.3 is 0 Å². The van der Waals surface area contributed by atoms with E-state index in [0.29, 0.717) is 0 Å². The van der Waals surface area contributed by atoms with Gasteiger partial charge in [0.15, 0.2) is 0 Å². The SMILES string of the molecule is [B]c1cccc2c(Cl)cccc12. The van der Waals surface area contributed by atoms with Crippen molar-refractivity contribution in [3.63, 3.8) is 0 Å². The van der Waals surface area contributed by atoms with E-state index in [1.165, 1.54) is 0 Å². The predicted molar refractivity (Wildman–Crippen MR) is 54.3 cm³/mol. The maximum absolute atomic E-state index is 5.97. The van der Waals surface area contributed by atoms with E-state index in [0.717, 1.165) is 21.3 Å². The van der Waals surface area contributed by atoms with E-state index < -0.39 is 0 Å². The van der Waals surface area contributed by atoms with Crippen molar-refractivity contribution in [2.75, 3.05) is 0 Å². The van der Waals surface area contributed by atoms with Crippen LogP contribution in [0.25, 0.3) is 10.8 Å². The zero-order valence-electron chi connectivity index (χ0n) is 6.42. The van der Waals surface area contributed by atoms with Crippen molar-refractivity contribution < 1.29 is 0 Å². The second-order valence-corrected chi connectivity index (χ2v) is 3.09. The van der Waals surface area contributed by atoms with Gasteiger partial charge in [-0.2, -0.15) is 0 Å². The van der Waals surface area contributed by atoms with Crippen LogP contribution in [0.2, 0.25) is 5.02 Å². The maximum atomic E-state index is 5.97. The van der Waals surface area contributed by atoms with E-state index >= 15 is 0 Å². The molecular formula is C10H6BCl. The largest absolute Gasteiger partial charge is 0.114 e. The number of halogens is 1. The van der Waals surface area contributed by atoms with Crippen LogP contribution in [-0.4, -0.2) is 7.85 Å². The van der Waals surface area contributed by atoms with E-state index in [-0.39, 0.29) is 0 Å². The summed E-state index contributed by atoms with van der Waals surface area (Å²) in [6, 6.07) is 11.5. The van der Waals surface area contributed by atoms with Crippen molar-refractivity contribution in [3.8, 4) is 0 Å². The Kier molecular flexibility index (Phi) is 1.82. The third kappa shape index (κ3) is 1.11. The van der Waals surface area contributed by atoms with Gasteiger partial charge in [0.05, 0.1) is 0 Å². The number of benzene rings is 2. The molecule has 0 aliphatic heterocycles. The first kappa shape index (κ1) is 7.69. The highest BCUT2D eigenvalue weighted by molar-refractivity contribution is 6.41. The molecular weight excluding hydrogens is 166 g/mol. The minimum atomic E-state index is 0.750. The number of hydrogen-bond donors (Lipinski definition) is 0. The molecule has 0 aliphatic rings. The van der Waals surface area contributed by atoms with Crippen molar-refractivity contribution in [1.82, 2.24) is 0 Å². The average Bonchev–Trinajstić information content (AvgIpc) is 2.07. The molecule has 2 radical (unpaired) electrons. The molecule has 0 fully saturated rings. The second kappa shape index (κ2) is 2.83. The van der Waals surface area contributed by atoms with Gasteiger partial charge in [0, 0.05) is 5.02 Å². The number of fused-ring (bicyclic) bond motifs is 1. The first-order valence-corrected chi connectivity index (χ1v) is 4.09. The van der Waals surface area contributed by atoms with Crippen LogP contribution in [0.15, 0.2) is 36.4 Å². The molecule has 56 valence electrons. The fourth-order valence-electron chi connectivity index (χ4n) is 1.30. The molecule has 0 spiro atoms. The Morgan fingerprint density at radius 3 is 2.33 bits per heavy atom. The lowest BCUT2D eigenvalue weighted by Crippen LogP contribution is -2.02. The van der Waals surface area contributed by atoms with E-state index in [4.69, 9.17) is 19.4 Å². The smallest absolute Gasteiger partial charge is 0.0889 e. The molecule has 2 aromatic carbocycles. The van der Waals surface area contributed by atoms with Gasteiger partial charge in [-0.15, -0.1) is 0 Å². The normalized spacial score (nSPS) is 10.4. The highest BCUT2D eigenvalue weighted by Gasteiger charge is 1.98. The van der Waals surface area contributed by atoms with Gasteiger partial charge < -0.3 is 0 Å². The summed E-state index contributed by atoms with van der Waals surface area (Å²) in [5, 5.41) is 2.78. The molecule has 2 aromatic rings. The van der Waals surface area contributed by atoms with E-state index in [9.17, 15) is 0 Å². The van der Waals surface area contributed by atoms with Crippen molar-refractivity contribution in [3.05, 3.63) is 41.4 Å². The molecule has 0 N–H and O–H groups in total. The lowest BCUT2D eigenvalue weighted by Gasteiger charge is -2.02. The minimum Gasteiger partial charge on any atom is -0.0889 e. The molecule has 2 heteroatoms. The lowest BCUT2D eigenvalue weighted by atomic mass is 9.90. The number of rotatable bonds is 0. The van der Waals surface area contributed by atoms with Crippen molar-refractivity contribution >= 4 is 35.7 Å². The molecule has 0 unspecified atom stereocenters. The highest BCUT2D eigenvalue weighted by Crippen LogP contribution is 2.20. The fraction of sp³-hybridized carbons (Fsp3) is 0. The van der Waals surface area contributed by atoms with Gasteiger partial charge in [-0.1, -0.05) is 47.4 Å². The van der Waals surface area contributed by atoms with E-state index in [1.807, 2.05) is 36.4 Å². The zero-order chi connectivity index (χ0) is 8.55. The monoisotopic (exact) mass is 172 g/mol. The summed E-state index contributed by atoms with van der Waals surface area (Å²) in [5.41, 5.74) is 0.773. The Bertz CT molecular complexity index is 382. The van der Waals surface area contributed by atoms with Gasteiger partial charge in [-0.25, -0.2) is 0 Å². The van der Waals surface area contributed by atoms with Crippen LogP contribution in [0.3, 0.4) is 0 Å². The molecule has 2 rings (SSSR count). The van der Waals surface area contributed by atoms with Crippen molar-refractivity contribution in [2.24, 2.45) is 0 Å². The molecule has 12 heavy (non-hydrogen) atoms. The third-order valence-electron chi connectivity index (χ3n) is 1.90. The van der Waals surface area contributed by atoms with Crippen LogP contribution in [0.1, 0.15) is 0 Å². The first-order chi connectivity index (χ1) is 5.79. The van der Waals surface area contributed by atoms with Crippen LogP contribution >= 0.6 is 11.6 Å². The molecule has 0 saturated heterocycles. The fourth-order valence-corrected chi connectivity index (χ4v) is 1.53. The first-order valence-electron chi connectivity index (χ1n) is 3.72. The summed E-state index contributed by atoms with van der Waals surface area (Å²) in [5.74, 6) is 0. The maximum Gasteiger partial charge on any atom is 0.114 e. The molecule has 0 heterocycles. The summed E-state index contributed by atoms with van der Waals surface area (Å²) in [6.45, 7) is 0. The highest BCUT2D eigenvalue weighted by atomic mass is 35.5. The van der Waals surface area contributed by atoms with Crippen LogP contribution in [0.4, 0.5) is 0 Å². The minimum absolute atomic E-state index is 0.750. The number of hydrogen-bond acceptors (Lipinski definition) is 0. The summed E-state index contributed by atoms with van der Waals surface area (Å²) < 4.78 is 0. The summed E-state index contributed by atoms with van der Waals surface area (Å²) in [4.78, 5) is 0. The molecule has 0 nitrogen and oxygen atoms in total. The molecule has 0 atom stereocenters. The molecule has 0 bridgehead atoms. The van der Waals surface area contributed by atoms with Crippen LogP contribution in [0, 0.1) is 0 Å². The molecule has 0 saturated carbocycles. The van der Waals surface area contributed by atoms with Gasteiger partial charge in [0.1, 0.15) is 7.85 Å². The summed E-state index contributed by atoms with van der Waals surface area (Å²) >= 11 is 5.97. The van der Waals surface area contributed by atoms with Crippen molar-refractivity contribution in [1.29, 1.82) is 0 Å². The zero-order valence-corrected chi connectivity index (χ0v) is 7.18. The van der Waals surface area contributed by atoms with Gasteiger partial charge in [0.25, 0.3) is 0 Å². The van der Waals surface area contributed by atoms with E-state index in [1.54, 1.807) is 0 Å². The Labute approximate surface area is 77.6 Å². The Hall–Kier alpha value is -0.945. The Balaban J connectivity index is 2.94. The topological polar surface area (TPSA) is 0 Å². The Morgan fingerprint density at radius 1 is 0.917 bits per heavy atom. The van der Waals surface area contributed by atoms with E-state index in [2.05, 4.69) is 0 Å². The molecule has 0 amide bonds. The third-order valence-corrected chi connectivity index (χ3v) is 2.23.